The van der Waals surface area contributed by atoms with Crippen molar-refractivity contribution in [3.8, 4) is 5.75 Å². The largest absolute Gasteiger partial charge is 0.496 e. The van der Waals surface area contributed by atoms with Crippen molar-refractivity contribution in [1.82, 2.24) is 14.0 Å². The maximum atomic E-state index is 12.6. The first-order valence-corrected chi connectivity index (χ1v) is 8.03. The molecule has 0 saturated carbocycles. The molecule has 25 heavy (non-hydrogen) atoms. The zero-order valence-corrected chi connectivity index (χ0v) is 14.6. The first-order valence-electron chi connectivity index (χ1n) is 8.03. The Hall–Kier alpha value is -3.02. The quantitative estimate of drug-likeness (QED) is 0.714. The lowest BCUT2D eigenvalue weighted by Crippen LogP contribution is -2.33. The van der Waals surface area contributed by atoms with E-state index in [0.29, 0.717) is 6.54 Å². The minimum atomic E-state index is -0.194. The van der Waals surface area contributed by atoms with Gasteiger partial charge in [-0.1, -0.05) is 30.3 Å². The molecule has 6 heteroatoms. The van der Waals surface area contributed by atoms with E-state index in [1.165, 1.54) is 4.57 Å². The second kappa shape index (κ2) is 6.84. The molecular weight excluding hydrogens is 318 g/mol. The number of hydrogen-bond acceptors (Lipinski definition) is 3. The van der Waals surface area contributed by atoms with Crippen LogP contribution in [0, 0.1) is 0 Å². The molecule has 0 radical (unpaired) electrons. The maximum absolute atomic E-state index is 12.6. The van der Waals surface area contributed by atoms with E-state index in [1.54, 1.807) is 30.7 Å². The summed E-state index contributed by atoms with van der Waals surface area (Å²) in [6.07, 6.45) is 0. The van der Waals surface area contributed by atoms with Gasteiger partial charge < -0.3 is 9.64 Å². The highest BCUT2D eigenvalue weighted by atomic mass is 16.5. The zero-order chi connectivity index (χ0) is 18.0. The van der Waals surface area contributed by atoms with Gasteiger partial charge in [-0.05, 0) is 18.2 Å². The van der Waals surface area contributed by atoms with Gasteiger partial charge in [-0.25, -0.2) is 4.79 Å². The number of likely N-dealkylation sites (N-methyl/N-ethyl adjacent to an activating group) is 1. The summed E-state index contributed by atoms with van der Waals surface area (Å²) in [4.78, 5) is 26.7. The number of aromatic nitrogens is 2. The zero-order valence-electron chi connectivity index (χ0n) is 14.6. The number of fused-ring (bicyclic) bond motifs is 1. The van der Waals surface area contributed by atoms with Gasteiger partial charge in [0.2, 0.25) is 5.91 Å². The molecule has 0 spiro atoms. The fourth-order valence-electron chi connectivity index (χ4n) is 2.95. The molecule has 1 heterocycles. The smallest absolute Gasteiger partial charge is 0.329 e. The number of methoxy groups -OCH3 is 1. The molecule has 6 nitrogen and oxygen atoms in total. The van der Waals surface area contributed by atoms with E-state index in [-0.39, 0.29) is 18.1 Å². The van der Waals surface area contributed by atoms with Crippen LogP contribution in [0.15, 0.2) is 53.3 Å². The number of para-hydroxylation sites is 3. The summed E-state index contributed by atoms with van der Waals surface area (Å²) in [5.74, 6) is 0.605. The first-order chi connectivity index (χ1) is 12.0. The maximum Gasteiger partial charge on any atom is 0.329 e. The van der Waals surface area contributed by atoms with Crippen molar-refractivity contribution in [2.75, 3.05) is 14.2 Å². The number of benzene rings is 2. The Labute approximate surface area is 145 Å². The van der Waals surface area contributed by atoms with Gasteiger partial charge in [0.05, 0.1) is 18.1 Å². The van der Waals surface area contributed by atoms with Gasteiger partial charge in [0.25, 0.3) is 0 Å². The fourth-order valence-corrected chi connectivity index (χ4v) is 2.95. The molecule has 2 aromatic carbocycles. The van der Waals surface area contributed by atoms with Crippen LogP contribution in [0.5, 0.6) is 5.75 Å². The predicted octanol–water partition coefficient (Wildman–Crippen LogP) is 2.01. The number of nitrogens with zero attached hydrogens (tertiary/aromatic N) is 3. The predicted molar refractivity (Wildman–Crippen MR) is 96.6 cm³/mol. The Kier molecular flexibility index (Phi) is 4.61. The molecule has 3 rings (SSSR count). The molecule has 0 fully saturated rings. The lowest BCUT2D eigenvalue weighted by atomic mass is 10.2. The molecule has 130 valence electrons. The van der Waals surface area contributed by atoms with Gasteiger partial charge in [-0.2, -0.15) is 0 Å². The van der Waals surface area contributed by atoms with E-state index < -0.39 is 0 Å². The van der Waals surface area contributed by atoms with Crippen molar-refractivity contribution in [3.05, 3.63) is 64.6 Å². The molecule has 3 aromatic rings. The Morgan fingerprint density at radius 3 is 2.44 bits per heavy atom. The monoisotopic (exact) mass is 339 g/mol. The molecule has 1 aromatic heterocycles. The number of aryl methyl sites for hydroxylation is 1. The van der Waals surface area contributed by atoms with Gasteiger partial charge in [0, 0.05) is 26.2 Å². The van der Waals surface area contributed by atoms with Crippen LogP contribution in [0.2, 0.25) is 0 Å². The normalized spacial score (nSPS) is 10.8. The van der Waals surface area contributed by atoms with Gasteiger partial charge in [-0.15, -0.1) is 0 Å². The first kappa shape index (κ1) is 16.8. The Morgan fingerprint density at radius 1 is 1.08 bits per heavy atom. The summed E-state index contributed by atoms with van der Waals surface area (Å²) in [6, 6.07) is 15.0. The van der Waals surface area contributed by atoms with Crippen LogP contribution in [-0.4, -0.2) is 34.1 Å². The summed E-state index contributed by atoms with van der Waals surface area (Å²) in [7, 11) is 5.05. The third kappa shape index (κ3) is 3.15. The highest BCUT2D eigenvalue weighted by Crippen LogP contribution is 2.19. The average Bonchev–Trinajstić information content (AvgIpc) is 2.87. The number of rotatable bonds is 5. The van der Waals surface area contributed by atoms with Crippen molar-refractivity contribution in [2.24, 2.45) is 7.05 Å². The molecule has 0 aliphatic rings. The third-order valence-electron chi connectivity index (χ3n) is 4.37. The number of hydrogen-bond donors (Lipinski definition) is 0. The number of amides is 1. The highest BCUT2D eigenvalue weighted by Gasteiger charge is 2.17. The highest BCUT2D eigenvalue weighted by molar-refractivity contribution is 5.80. The SMILES string of the molecule is COc1ccccc1CN(C)C(=O)Cn1c(=O)n(C)c2ccccc21. The molecule has 0 atom stereocenters. The van der Waals surface area contributed by atoms with E-state index in [1.807, 2.05) is 48.5 Å². The average molecular weight is 339 g/mol. The summed E-state index contributed by atoms with van der Waals surface area (Å²) >= 11 is 0. The van der Waals surface area contributed by atoms with E-state index in [4.69, 9.17) is 4.74 Å². The van der Waals surface area contributed by atoms with Crippen molar-refractivity contribution in [2.45, 2.75) is 13.1 Å². The van der Waals surface area contributed by atoms with Crippen LogP contribution >= 0.6 is 0 Å². The van der Waals surface area contributed by atoms with Crippen LogP contribution < -0.4 is 10.4 Å². The lowest BCUT2D eigenvalue weighted by molar-refractivity contribution is -0.131. The standard InChI is InChI=1S/C19H21N3O3/c1-20(12-14-8-4-7-11-17(14)25-3)18(23)13-22-16-10-6-5-9-15(16)21(2)19(22)24/h4-11H,12-13H2,1-3H3. The number of carbonyl (C=O) groups excluding carboxylic acids is 1. The molecule has 0 aliphatic carbocycles. The Balaban J connectivity index is 1.83. The van der Waals surface area contributed by atoms with Gasteiger partial charge >= 0.3 is 5.69 Å². The minimum Gasteiger partial charge on any atom is -0.496 e. The van der Waals surface area contributed by atoms with Crippen LogP contribution in [0.25, 0.3) is 11.0 Å². The van der Waals surface area contributed by atoms with Crippen LogP contribution in [0.3, 0.4) is 0 Å². The molecule has 0 unspecified atom stereocenters. The van der Waals surface area contributed by atoms with Crippen molar-refractivity contribution < 1.29 is 9.53 Å². The molecule has 0 aliphatic heterocycles. The second-order valence-corrected chi connectivity index (χ2v) is 5.98. The minimum absolute atomic E-state index is 0.00579. The van der Waals surface area contributed by atoms with Gasteiger partial charge in [0.15, 0.2) is 0 Å². The Morgan fingerprint density at radius 2 is 1.72 bits per heavy atom. The summed E-state index contributed by atoms with van der Waals surface area (Å²) in [5, 5.41) is 0. The molecular formula is C19H21N3O3. The van der Waals surface area contributed by atoms with Crippen LogP contribution in [0.4, 0.5) is 0 Å². The molecule has 0 N–H and O–H groups in total. The molecule has 1 amide bonds. The Bertz CT molecular complexity index is 971. The van der Waals surface area contributed by atoms with Crippen molar-refractivity contribution in [1.29, 1.82) is 0 Å². The van der Waals surface area contributed by atoms with Gasteiger partial charge in [0.1, 0.15) is 12.3 Å². The van der Waals surface area contributed by atoms with Crippen LogP contribution in [0.1, 0.15) is 5.56 Å². The number of imidazole rings is 1. The number of ether oxygens (including phenoxy) is 1. The van der Waals surface area contributed by atoms with E-state index in [9.17, 15) is 9.59 Å². The summed E-state index contributed by atoms with van der Waals surface area (Å²) in [5.41, 5.74) is 2.30. The van der Waals surface area contributed by atoms with E-state index >= 15 is 0 Å². The van der Waals surface area contributed by atoms with Gasteiger partial charge in [-0.3, -0.25) is 13.9 Å². The summed E-state index contributed by atoms with van der Waals surface area (Å²) < 4.78 is 8.40. The fraction of sp³-hybridized carbons (Fsp3) is 0.263. The topological polar surface area (TPSA) is 56.5 Å². The van der Waals surface area contributed by atoms with Crippen LogP contribution in [-0.2, 0) is 24.9 Å². The molecule has 0 bridgehead atoms. The number of carbonyl (C=O) groups is 1. The lowest BCUT2D eigenvalue weighted by Gasteiger charge is -2.19. The molecule has 0 saturated heterocycles. The van der Waals surface area contributed by atoms with E-state index in [2.05, 4.69) is 0 Å². The third-order valence-corrected chi connectivity index (χ3v) is 4.37. The van der Waals surface area contributed by atoms with Crippen molar-refractivity contribution >= 4 is 16.9 Å². The summed E-state index contributed by atoms with van der Waals surface area (Å²) in [6.45, 7) is 0.425. The van der Waals surface area contributed by atoms with E-state index in [0.717, 1.165) is 22.3 Å². The second-order valence-electron chi connectivity index (χ2n) is 5.98. The van der Waals surface area contributed by atoms with Crippen molar-refractivity contribution in [3.63, 3.8) is 0 Å².